The number of amides is 1. The van der Waals surface area contributed by atoms with Crippen molar-refractivity contribution in [2.24, 2.45) is 0 Å². The number of hydrogen-bond acceptors (Lipinski definition) is 3. The summed E-state index contributed by atoms with van der Waals surface area (Å²) in [5.41, 5.74) is 0.211. The largest absolute Gasteiger partial charge is 0.319 e. The highest BCUT2D eigenvalue weighted by atomic mass is 19.1. The van der Waals surface area contributed by atoms with Gasteiger partial charge in [-0.25, -0.2) is 13.8 Å². The molecule has 2 aromatic rings. The average Bonchev–Trinajstić information content (AvgIpc) is 2.42. The molecule has 94 valence electrons. The number of rotatable bonds is 2. The summed E-state index contributed by atoms with van der Waals surface area (Å²) in [6.45, 7) is 0. The summed E-state index contributed by atoms with van der Waals surface area (Å²) < 4.78 is 26.0. The van der Waals surface area contributed by atoms with Gasteiger partial charge < -0.3 is 5.32 Å². The lowest BCUT2D eigenvalue weighted by Gasteiger charge is -2.06. The van der Waals surface area contributed by atoms with E-state index >= 15 is 0 Å². The molecule has 0 radical (unpaired) electrons. The molecule has 0 spiro atoms. The van der Waals surface area contributed by atoms with Crippen molar-refractivity contribution >= 4 is 11.6 Å². The number of pyridine rings is 1. The van der Waals surface area contributed by atoms with E-state index in [1.807, 2.05) is 6.07 Å². The molecule has 2 rings (SSSR count). The third-order valence-corrected chi connectivity index (χ3v) is 2.32. The molecule has 1 N–H and O–H groups in total. The predicted molar refractivity (Wildman–Crippen MR) is 63.3 cm³/mol. The Morgan fingerprint density at radius 2 is 2.05 bits per heavy atom. The number of hydrogen-bond donors (Lipinski definition) is 1. The van der Waals surface area contributed by atoms with Gasteiger partial charge in [-0.15, -0.1) is 0 Å². The van der Waals surface area contributed by atoms with E-state index in [1.165, 1.54) is 18.3 Å². The number of carbonyl (C=O) groups excluding carboxylic acids is 1. The van der Waals surface area contributed by atoms with E-state index < -0.39 is 17.5 Å². The summed E-state index contributed by atoms with van der Waals surface area (Å²) in [4.78, 5) is 15.5. The minimum atomic E-state index is -0.866. The maximum atomic E-state index is 13.3. The van der Waals surface area contributed by atoms with Gasteiger partial charge in [0.2, 0.25) is 0 Å². The molecule has 6 heteroatoms. The quantitative estimate of drug-likeness (QED) is 0.901. The fourth-order valence-electron chi connectivity index (χ4n) is 1.38. The first kappa shape index (κ1) is 12.6. The van der Waals surface area contributed by atoms with Gasteiger partial charge in [-0.2, -0.15) is 5.26 Å². The Bertz CT molecular complexity index is 663. The number of halogens is 2. The summed E-state index contributed by atoms with van der Waals surface area (Å²) in [7, 11) is 0. The van der Waals surface area contributed by atoms with Crippen LogP contribution in [-0.2, 0) is 0 Å². The van der Waals surface area contributed by atoms with E-state index in [1.54, 1.807) is 0 Å². The lowest BCUT2D eigenvalue weighted by molar-refractivity contribution is 0.102. The first-order valence-corrected chi connectivity index (χ1v) is 5.22. The molecule has 1 heterocycles. The van der Waals surface area contributed by atoms with Crippen molar-refractivity contribution < 1.29 is 13.6 Å². The Balaban J connectivity index is 2.18. The van der Waals surface area contributed by atoms with E-state index in [-0.39, 0.29) is 16.9 Å². The number of carbonyl (C=O) groups is 1. The van der Waals surface area contributed by atoms with Gasteiger partial charge in [-0.05, 0) is 24.3 Å². The molecular weight excluding hydrogens is 252 g/mol. The van der Waals surface area contributed by atoms with E-state index in [0.717, 1.165) is 12.1 Å². The standard InChI is InChI=1S/C13H7F2N3O/c14-9-2-4-12(11(15)5-9)18-13(19)8-1-3-10(6-16)17-7-8/h1-5,7H,(H,18,19). The molecule has 0 saturated heterocycles. The summed E-state index contributed by atoms with van der Waals surface area (Å²) in [6.07, 6.45) is 1.20. The third-order valence-electron chi connectivity index (χ3n) is 2.32. The molecule has 0 fully saturated rings. The van der Waals surface area contributed by atoms with Crippen molar-refractivity contribution in [3.05, 3.63) is 59.4 Å². The Labute approximate surface area is 107 Å². The molecule has 0 aliphatic heterocycles. The summed E-state index contributed by atoms with van der Waals surface area (Å²) in [5.74, 6) is -2.19. The van der Waals surface area contributed by atoms with Crippen molar-refractivity contribution in [3.63, 3.8) is 0 Å². The molecule has 0 unspecified atom stereocenters. The van der Waals surface area contributed by atoms with Crippen LogP contribution in [0.5, 0.6) is 0 Å². The van der Waals surface area contributed by atoms with Gasteiger partial charge in [-0.1, -0.05) is 0 Å². The van der Waals surface area contributed by atoms with Crippen molar-refractivity contribution in [1.29, 1.82) is 5.26 Å². The van der Waals surface area contributed by atoms with Gasteiger partial charge in [0, 0.05) is 12.3 Å². The molecule has 0 atom stereocenters. The molecule has 4 nitrogen and oxygen atoms in total. The van der Waals surface area contributed by atoms with Crippen molar-refractivity contribution in [3.8, 4) is 6.07 Å². The monoisotopic (exact) mass is 259 g/mol. The Morgan fingerprint density at radius 1 is 1.26 bits per heavy atom. The lowest BCUT2D eigenvalue weighted by Crippen LogP contribution is -2.13. The molecule has 19 heavy (non-hydrogen) atoms. The first-order valence-electron chi connectivity index (χ1n) is 5.22. The Kier molecular flexibility index (Phi) is 3.48. The average molecular weight is 259 g/mol. The van der Waals surface area contributed by atoms with Gasteiger partial charge in [-0.3, -0.25) is 4.79 Å². The minimum Gasteiger partial charge on any atom is -0.319 e. The van der Waals surface area contributed by atoms with Crippen LogP contribution in [0.4, 0.5) is 14.5 Å². The molecule has 0 saturated carbocycles. The number of nitrogens with zero attached hydrogens (tertiary/aromatic N) is 2. The number of aromatic nitrogens is 1. The van der Waals surface area contributed by atoms with Crippen LogP contribution in [0.25, 0.3) is 0 Å². The zero-order valence-corrected chi connectivity index (χ0v) is 9.52. The molecule has 1 aromatic carbocycles. The second kappa shape index (κ2) is 5.23. The van der Waals surface area contributed by atoms with Gasteiger partial charge in [0.1, 0.15) is 23.4 Å². The highest BCUT2D eigenvalue weighted by Crippen LogP contribution is 2.16. The van der Waals surface area contributed by atoms with Gasteiger partial charge >= 0.3 is 0 Å². The summed E-state index contributed by atoms with van der Waals surface area (Å²) >= 11 is 0. The lowest BCUT2D eigenvalue weighted by atomic mass is 10.2. The van der Waals surface area contributed by atoms with E-state index in [0.29, 0.717) is 6.07 Å². The van der Waals surface area contributed by atoms with Crippen LogP contribution in [0.2, 0.25) is 0 Å². The molecular formula is C13H7F2N3O. The molecule has 0 aliphatic carbocycles. The Morgan fingerprint density at radius 3 is 2.63 bits per heavy atom. The minimum absolute atomic E-state index is 0.129. The van der Waals surface area contributed by atoms with Crippen LogP contribution in [0.15, 0.2) is 36.5 Å². The van der Waals surface area contributed by atoms with E-state index in [9.17, 15) is 13.6 Å². The number of nitriles is 1. The number of benzene rings is 1. The third kappa shape index (κ3) is 2.90. The second-order valence-corrected chi connectivity index (χ2v) is 3.62. The molecule has 1 amide bonds. The highest BCUT2D eigenvalue weighted by Gasteiger charge is 2.10. The number of anilines is 1. The normalized spacial score (nSPS) is 9.74. The fraction of sp³-hybridized carbons (Fsp3) is 0. The smallest absolute Gasteiger partial charge is 0.257 e. The molecule has 0 aliphatic rings. The number of nitrogens with one attached hydrogen (secondary N) is 1. The van der Waals surface area contributed by atoms with Crippen LogP contribution in [0, 0.1) is 23.0 Å². The molecule has 0 bridgehead atoms. The molecule has 1 aromatic heterocycles. The van der Waals surface area contributed by atoms with Crippen LogP contribution in [0.3, 0.4) is 0 Å². The zero-order chi connectivity index (χ0) is 13.8. The van der Waals surface area contributed by atoms with Crippen LogP contribution in [0.1, 0.15) is 16.1 Å². The van der Waals surface area contributed by atoms with E-state index in [4.69, 9.17) is 5.26 Å². The van der Waals surface area contributed by atoms with Gasteiger partial charge in [0.25, 0.3) is 5.91 Å². The summed E-state index contributed by atoms with van der Waals surface area (Å²) in [6, 6.07) is 7.41. The highest BCUT2D eigenvalue weighted by molar-refractivity contribution is 6.04. The topological polar surface area (TPSA) is 65.8 Å². The van der Waals surface area contributed by atoms with E-state index in [2.05, 4.69) is 10.3 Å². The van der Waals surface area contributed by atoms with Crippen LogP contribution < -0.4 is 5.32 Å². The zero-order valence-electron chi connectivity index (χ0n) is 9.52. The first-order chi connectivity index (χ1) is 9.10. The van der Waals surface area contributed by atoms with Crippen molar-refractivity contribution in [2.75, 3.05) is 5.32 Å². The predicted octanol–water partition coefficient (Wildman–Crippen LogP) is 2.48. The van der Waals surface area contributed by atoms with Crippen LogP contribution >= 0.6 is 0 Å². The second-order valence-electron chi connectivity index (χ2n) is 3.62. The van der Waals surface area contributed by atoms with Gasteiger partial charge in [0.05, 0.1) is 11.3 Å². The Hall–Kier alpha value is -2.81. The fourth-order valence-corrected chi connectivity index (χ4v) is 1.38. The summed E-state index contributed by atoms with van der Waals surface area (Å²) in [5, 5.41) is 10.9. The SMILES string of the molecule is N#Cc1ccc(C(=O)Nc2ccc(F)cc2F)cn1. The van der Waals surface area contributed by atoms with Crippen molar-refractivity contribution in [2.45, 2.75) is 0 Å². The maximum absolute atomic E-state index is 13.3. The maximum Gasteiger partial charge on any atom is 0.257 e. The van der Waals surface area contributed by atoms with Gasteiger partial charge in [0.15, 0.2) is 0 Å². The van der Waals surface area contributed by atoms with Crippen LogP contribution in [-0.4, -0.2) is 10.9 Å². The van der Waals surface area contributed by atoms with Crippen molar-refractivity contribution in [1.82, 2.24) is 4.98 Å².